The third-order valence-electron chi connectivity index (χ3n) is 5.34. The van der Waals surface area contributed by atoms with Gasteiger partial charge in [0.25, 0.3) is 0 Å². The SMILES string of the molecule is CCOc1ccccc1C(CN1CCCC(C)C1)N1CCNCC1. The topological polar surface area (TPSA) is 27.7 Å². The van der Waals surface area contributed by atoms with E-state index < -0.39 is 0 Å². The van der Waals surface area contributed by atoms with Gasteiger partial charge in [0.2, 0.25) is 0 Å². The molecule has 0 saturated carbocycles. The molecule has 134 valence electrons. The van der Waals surface area contributed by atoms with Crippen LogP contribution in [0.25, 0.3) is 0 Å². The first-order chi connectivity index (χ1) is 11.8. The fourth-order valence-corrected chi connectivity index (χ4v) is 4.14. The average Bonchev–Trinajstić information content (AvgIpc) is 2.62. The fourth-order valence-electron chi connectivity index (χ4n) is 4.14. The molecule has 1 aromatic carbocycles. The van der Waals surface area contributed by atoms with E-state index in [1.807, 2.05) is 0 Å². The second kappa shape index (κ2) is 8.84. The predicted molar refractivity (Wildman–Crippen MR) is 99.6 cm³/mol. The molecule has 1 N–H and O–H groups in total. The number of nitrogens with one attached hydrogen (secondary N) is 1. The maximum Gasteiger partial charge on any atom is 0.124 e. The molecule has 2 heterocycles. The highest BCUT2D eigenvalue weighted by Crippen LogP contribution is 2.31. The highest BCUT2D eigenvalue weighted by atomic mass is 16.5. The van der Waals surface area contributed by atoms with Gasteiger partial charge in [0.1, 0.15) is 5.75 Å². The lowest BCUT2D eigenvalue weighted by molar-refractivity contribution is 0.0983. The monoisotopic (exact) mass is 331 g/mol. The number of nitrogens with zero attached hydrogens (tertiary/aromatic N) is 2. The summed E-state index contributed by atoms with van der Waals surface area (Å²) in [5, 5.41) is 3.48. The second-order valence-corrected chi connectivity index (χ2v) is 7.28. The van der Waals surface area contributed by atoms with Crippen molar-refractivity contribution in [2.75, 3.05) is 52.4 Å². The highest BCUT2D eigenvalue weighted by molar-refractivity contribution is 5.36. The molecule has 4 heteroatoms. The Labute approximate surface area is 147 Å². The summed E-state index contributed by atoms with van der Waals surface area (Å²) in [6.45, 7) is 13.2. The number of benzene rings is 1. The number of hydrogen-bond acceptors (Lipinski definition) is 4. The van der Waals surface area contributed by atoms with Gasteiger partial charge in [-0.25, -0.2) is 0 Å². The molecule has 0 amide bonds. The van der Waals surface area contributed by atoms with Crippen LogP contribution in [-0.4, -0.2) is 62.2 Å². The molecule has 2 fully saturated rings. The Kier molecular flexibility index (Phi) is 6.52. The summed E-state index contributed by atoms with van der Waals surface area (Å²) in [5.41, 5.74) is 1.36. The first kappa shape index (κ1) is 17.7. The van der Waals surface area contributed by atoms with Crippen LogP contribution < -0.4 is 10.1 Å². The normalized spacial score (nSPS) is 24.7. The van der Waals surface area contributed by atoms with Crippen LogP contribution in [0, 0.1) is 5.92 Å². The third-order valence-corrected chi connectivity index (χ3v) is 5.34. The van der Waals surface area contributed by atoms with Crippen molar-refractivity contribution in [1.82, 2.24) is 15.1 Å². The number of hydrogen-bond donors (Lipinski definition) is 1. The number of piperidine rings is 1. The van der Waals surface area contributed by atoms with Gasteiger partial charge in [0.15, 0.2) is 0 Å². The highest BCUT2D eigenvalue weighted by Gasteiger charge is 2.28. The van der Waals surface area contributed by atoms with Crippen molar-refractivity contribution in [3.8, 4) is 5.75 Å². The number of para-hydroxylation sites is 1. The molecule has 24 heavy (non-hydrogen) atoms. The Balaban J connectivity index is 1.81. The summed E-state index contributed by atoms with van der Waals surface area (Å²) in [6.07, 6.45) is 2.72. The number of piperazine rings is 1. The van der Waals surface area contributed by atoms with Gasteiger partial charge in [-0.1, -0.05) is 25.1 Å². The largest absolute Gasteiger partial charge is 0.494 e. The van der Waals surface area contributed by atoms with Crippen LogP contribution in [0.15, 0.2) is 24.3 Å². The van der Waals surface area contributed by atoms with Crippen LogP contribution in [0.2, 0.25) is 0 Å². The average molecular weight is 332 g/mol. The quantitative estimate of drug-likeness (QED) is 0.867. The van der Waals surface area contributed by atoms with E-state index in [0.29, 0.717) is 6.04 Å². The van der Waals surface area contributed by atoms with Crippen molar-refractivity contribution < 1.29 is 4.74 Å². The minimum absolute atomic E-state index is 0.431. The van der Waals surface area contributed by atoms with Gasteiger partial charge < -0.3 is 15.0 Å². The van der Waals surface area contributed by atoms with Crippen molar-refractivity contribution in [1.29, 1.82) is 0 Å². The molecule has 0 radical (unpaired) electrons. The fraction of sp³-hybridized carbons (Fsp3) is 0.700. The molecule has 4 nitrogen and oxygen atoms in total. The predicted octanol–water partition coefficient (Wildman–Crippen LogP) is 2.76. The maximum absolute atomic E-state index is 5.96. The summed E-state index contributed by atoms with van der Waals surface area (Å²) >= 11 is 0. The van der Waals surface area contributed by atoms with E-state index in [2.05, 4.69) is 53.2 Å². The van der Waals surface area contributed by atoms with Crippen molar-refractivity contribution >= 4 is 0 Å². The number of likely N-dealkylation sites (tertiary alicyclic amines) is 1. The second-order valence-electron chi connectivity index (χ2n) is 7.28. The van der Waals surface area contributed by atoms with Crippen LogP contribution >= 0.6 is 0 Å². The van der Waals surface area contributed by atoms with Gasteiger partial charge in [0, 0.05) is 44.8 Å². The minimum Gasteiger partial charge on any atom is -0.494 e. The Bertz CT molecular complexity index is 501. The lowest BCUT2D eigenvalue weighted by Crippen LogP contribution is -2.49. The molecule has 3 rings (SSSR count). The zero-order valence-corrected chi connectivity index (χ0v) is 15.3. The smallest absolute Gasteiger partial charge is 0.124 e. The molecular weight excluding hydrogens is 298 g/mol. The van der Waals surface area contributed by atoms with E-state index in [4.69, 9.17) is 4.74 Å². The van der Waals surface area contributed by atoms with Gasteiger partial charge in [-0.2, -0.15) is 0 Å². The van der Waals surface area contributed by atoms with Crippen molar-refractivity contribution in [2.45, 2.75) is 32.7 Å². The molecule has 0 spiro atoms. The molecule has 0 bridgehead atoms. The van der Waals surface area contributed by atoms with Gasteiger partial charge in [0.05, 0.1) is 12.6 Å². The molecule has 2 aliphatic heterocycles. The summed E-state index contributed by atoms with van der Waals surface area (Å²) in [4.78, 5) is 5.32. The van der Waals surface area contributed by atoms with Crippen LogP contribution in [0.4, 0.5) is 0 Å². The standard InChI is InChI=1S/C20H33N3O/c1-3-24-20-9-5-4-8-18(20)19(23-13-10-21-11-14-23)16-22-12-6-7-17(2)15-22/h4-5,8-9,17,19,21H,3,6-7,10-16H2,1-2H3. The van der Waals surface area contributed by atoms with Crippen LogP contribution in [0.3, 0.4) is 0 Å². The molecule has 1 aromatic rings. The maximum atomic E-state index is 5.96. The summed E-state index contributed by atoms with van der Waals surface area (Å²) in [5.74, 6) is 1.89. The zero-order chi connectivity index (χ0) is 16.8. The molecule has 2 saturated heterocycles. The van der Waals surface area contributed by atoms with E-state index in [1.54, 1.807) is 0 Å². The lowest BCUT2D eigenvalue weighted by atomic mass is 9.97. The third kappa shape index (κ3) is 4.50. The molecule has 2 atom stereocenters. The Morgan fingerprint density at radius 2 is 2.00 bits per heavy atom. The molecular formula is C20H33N3O. The minimum atomic E-state index is 0.431. The zero-order valence-electron chi connectivity index (χ0n) is 15.3. The molecule has 2 unspecified atom stereocenters. The number of ether oxygens (including phenoxy) is 1. The van der Waals surface area contributed by atoms with E-state index in [-0.39, 0.29) is 0 Å². The Hall–Kier alpha value is -1.10. The van der Waals surface area contributed by atoms with Gasteiger partial charge in [-0.15, -0.1) is 0 Å². The Morgan fingerprint density at radius 3 is 2.75 bits per heavy atom. The summed E-state index contributed by atoms with van der Waals surface area (Å²) < 4.78 is 5.96. The van der Waals surface area contributed by atoms with Crippen LogP contribution in [0.5, 0.6) is 5.75 Å². The molecule has 0 aromatic heterocycles. The van der Waals surface area contributed by atoms with E-state index in [9.17, 15) is 0 Å². The van der Waals surface area contributed by atoms with Crippen molar-refractivity contribution in [3.05, 3.63) is 29.8 Å². The van der Waals surface area contributed by atoms with E-state index >= 15 is 0 Å². The summed E-state index contributed by atoms with van der Waals surface area (Å²) in [7, 11) is 0. The van der Waals surface area contributed by atoms with Gasteiger partial charge >= 0.3 is 0 Å². The summed E-state index contributed by atoms with van der Waals surface area (Å²) in [6, 6.07) is 9.08. The molecule has 0 aliphatic carbocycles. The van der Waals surface area contributed by atoms with Crippen LogP contribution in [0.1, 0.15) is 38.3 Å². The van der Waals surface area contributed by atoms with Gasteiger partial charge in [-0.3, -0.25) is 4.90 Å². The number of rotatable bonds is 6. The van der Waals surface area contributed by atoms with Crippen LogP contribution in [-0.2, 0) is 0 Å². The van der Waals surface area contributed by atoms with Crippen molar-refractivity contribution in [3.63, 3.8) is 0 Å². The first-order valence-corrected chi connectivity index (χ1v) is 9.66. The molecule has 2 aliphatic rings. The van der Waals surface area contributed by atoms with E-state index in [0.717, 1.165) is 51.0 Å². The van der Waals surface area contributed by atoms with E-state index in [1.165, 1.54) is 31.5 Å². The first-order valence-electron chi connectivity index (χ1n) is 9.66. The van der Waals surface area contributed by atoms with Crippen molar-refractivity contribution in [2.24, 2.45) is 5.92 Å². The van der Waals surface area contributed by atoms with Gasteiger partial charge in [-0.05, 0) is 38.3 Å². The lowest BCUT2D eigenvalue weighted by Gasteiger charge is -2.40. The Morgan fingerprint density at radius 1 is 1.21 bits per heavy atom.